The van der Waals surface area contributed by atoms with Crippen molar-refractivity contribution in [3.8, 4) is 5.75 Å². The van der Waals surface area contributed by atoms with Gasteiger partial charge in [0.05, 0.1) is 4.88 Å². The molecule has 0 aliphatic rings. The molecule has 5 heteroatoms. The second kappa shape index (κ2) is 7.49. The van der Waals surface area contributed by atoms with Crippen LogP contribution in [0.25, 0.3) is 0 Å². The van der Waals surface area contributed by atoms with Crippen LogP contribution in [-0.2, 0) is 6.61 Å². The number of carbonyl (C=O) groups excluding carboxylic acids is 1. The lowest BCUT2D eigenvalue weighted by atomic mass is 10.1. The van der Waals surface area contributed by atoms with Crippen molar-refractivity contribution in [3.63, 3.8) is 0 Å². The summed E-state index contributed by atoms with van der Waals surface area (Å²) in [6.45, 7) is 4.20. The Morgan fingerprint density at radius 1 is 1.12 bits per heavy atom. The van der Waals surface area contributed by atoms with E-state index in [9.17, 15) is 9.18 Å². The molecule has 0 fully saturated rings. The number of thiophene rings is 1. The number of hydrogen-bond donors (Lipinski definition) is 1. The quantitative estimate of drug-likeness (QED) is 0.671. The fourth-order valence-electron chi connectivity index (χ4n) is 2.53. The lowest BCUT2D eigenvalue weighted by Gasteiger charge is -2.06. The van der Waals surface area contributed by atoms with Gasteiger partial charge in [-0.2, -0.15) is 0 Å². The number of benzene rings is 2. The van der Waals surface area contributed by atoms with Gasteiger partial charge in [-0.15, -0.1) is 11.3 Å². The van der Waals surface area contributed by atoms with Crippen LogP contribution < -0.4 is 10.1 Å². The van der Waals surface area contributed by atoms with E-state index in [1.54, 1.807) is 24.3 Å². The number of rotatable bonds is 5. The smallest absolute Gasteiger partial charge is 0.265 e. The van der Waals surface area contributed by atoms with E-state index in [0.29, 0.717) is 4.88 Å². The van der Waals surface area contributed by atoms with Crippen LogP contribution in [-0.4, -0.2) is 5.91 Å². The molecule has 0 unspecified atom stereocenters. The monoisotopic (exact) mass is 355 g/mol. The first-order valence-electron chi connectivity index (χ1n) is 7.85. The van der Waals surface area contributed by atoms with Crippen LogP contribution in [0.1, 0.15) is 26.4 Å². The Hall–Kier alpha value is -2.66. The largest absolute Gasteiger partial charge is 0.486 e. The van der Waals surface area contributed by atoms with Gasteiger partial charge in [-0.3, -0.25) is 4.79 Å². The van der Waals surface area contributed by atoms with Gasteiger partial charge in [-0.1, -0.05) is 18.2 Å². The molecule has 1 N–H and O–H groups in total. The summed E-state index contributed by atoms with van der Waals surface area (Å²) in [5.74, 6) is -0.354. The van der Waals surface area contributed by atoms with Crippen LogP contribution in [0, 0.1) is 19.7 Å². The van der Waals surface area contributed by atoms with E-state index in [1.807, 2.05) is 31.4 Å². The number of carbonyl (C=O) groups is 1. The van der Waals surface area contributed by atoms with Crippen molar-refractivity contribution >= 4 is 22.9 Å². The zero-order valence-corrected chi connectivity index (χ0v) is 14.8. The molecule has 128 valence electrons. The number of anilines is 1. The zero-order valence-electron chi connectivity index (χ0n) is 14.0. The zero-order chi connectivity index (χ0) is 17.8. The summed E-state index contributed by atoms with van der Waals surface area (Å²) < 4.78 is 19.0. The average molecular weight is 355 g/mol. The first-order chi connectivity index (χ1) is 12.0. The molecule has 0 atom stereocenters. The predicted octanol–water partition coefficient (Wildman–Crippen LogP) is 5.34. The molecular formula is C20H18FNO2S. The highest BCUT2D eigenvalue weighted by molar-refractivity contribution is 7.12. The second-order valence-corrected chi connectivity index (χ2v) is 6.78. The Balaban J connectivity index is 1.64. The van der Waals surface area contributed by atoms with E-state index in [1.165, 1.54) is 17.4 Å². The highest BCUT2D eigenvalue weighted by Gasteiger charge is 2.11. The number of aryl methyl sites for hydroxylation is 2. The molecule has 0 aliphatic heterocycles. The van der Waals surface area contributed by atoms with Gasteiger partial charge in [0.1, 0.15) is 6.61 Å². The molecule has 1 aromatic heterocycles. The number of ether oxygens (including phenoxy) is 1. The van der Waals surface area contributed by atoms with Crippen molar-refractivity contribution in [1.82, 2.24) is 0 Å². The molecule has 0 aliphatic carbocycles. The van der Waals surface area contributed by atoms with Gasteiger partial charge in [0.2, 0.25) is 0 Å². The standard InChI is InChI=1S/C20H18FNO2S/c1-13-7-14(2)9-16(8-13)22-20(23)19-10-15(12-25-19)11-24-18-6-4-3-5-17(18)21/h3-10,12H,11H2,1-2H3,(H,22,23). The van der Waals surface area contributed by atoms with Crippen LogP contribution in [0.2, 0.25) is 0 Å². The van der Waals surface area contributed by atoms with E-state index < -0.39 is 5.82 Å². The molecule has 0 saturated carbocycles. The molecule has 2 aromatic carbocycles. The number of amides is 1. The summed E-state index contributed by atoms with van der Waals surface area (Å²) in [5, 5.41) is 4.75. The third-order valence-electron chi connectivity index (χ3n) is 3.59. The molecule has 3 nitrogen and oxygen atoms in total. The first kappa shape index (κ1) is 17.2. The maximum atomic E-state index is 13.5. The number of hydrogen-bond acceptors (Lipinski definition) is 3. The SMILES string of the molecule is Cc1cc(C)cc(NC(=O)c2cc(COc3ccccc3F)cs2)c1. The molecule has 3 rings (SSSR count). The van der Waals surface area contributed by atoms with Crippen LogP contribution in [0.15, 0.2) is 53.9 Å². The Morgan fingerprint density at radius 2 is 1.84 bits per heavy atom. The minimum absolute atomic E-state index is 0.160. The number of halogens is 1. The summed E-state index contributed by atoms with van der Waals surface area (Å²) in [6.07, 6.45) is 0. The average Bonchev–Trinajstić information content (AvgIpc) is 3.02. The second-order valence-electron chi connectivity index (χ2n) is 5.87. The molecule has 0 spiro atoms. The van der Waals surface area contributed by atoms with Gasteiger partial charge in [0, 0.05) is 11.3 Å². The number of para-hydroxylation sites is 1. The molecule has 0 bridgehead atoms. The molecule has 1 amide bonds. The Bertz CT molecular complexity index is 884. The fourth-order valence-corrected chi connectivity index (χ4v) is 3.32. The summed E-state index contributed by atoms with van der Waals surface area (Å²) in [4.78, 5) is 13.0. The fraction of sp³-hybridized carbons (Fsp3) is 0.150. The van der Waals surface area contributed by atoms with Crippen LogP contribution >= 0.6 is 11.3 Å². The van der Waals surface area contributed by atoms with Gasteiger partial charge < -0.3 is 10.1 Å². The summed E-state index contributed by atoms with van der Waals surface area (Å²) >= 11 is 1.34. The van der Waals surface area contributed by atoms with E-state index in [-0.39, 0.29) is 18.3 Å². The lowest BCUT2D eigenvalue weighted by Crippen LogP contribution is -2.10. The molecule has 0 radical (unpaired) electrons. The van der Waals surface area contributed by atoms with Crippen molar-refractivity contribution in [2.24, 2.45) is 0 Å². The maximum absolute atomic E-state index is 13.5. The van der Waals surface area contributed by atoms with Crippen LogP contribution in [0.4, 0.5) is 10.1 Å². The van der Waals surface area contributed by atoms with Crippen LogP contribution in [0.5, 0.6) is 5.75 Å². The minimum Gasteiger partial charge on any atom is -0.486 e. The normalized spacial score (nSPS) is 10.5. The summed E-state index contributed by atoms with van der Waals surface area (Å²) in [7, 11) is 0. The van der Waals surface area contributed by atoms with Crippen molar-refractivity contribution in [2.75, 3.05) is 5.32 Å². The van der Waals surface area contributed by atoms with E-state index in [2.05, 4.69) is 11.4 Å². The third-order valence-corrected chi connectivity index (χ3v) is 4.57. The van der Waals surface area contributed by atoms with Gasteiger partial charge >= 0.3 is 0 Å². The van der Waals surface area contributed by atoms with Crippen molar-refractivity contribution < 1.29 is 13.9 Å². The molecule has 0 saturated heterocycles. The van der Waals surface area contributed by atoms with Crippen molar-refractivity contribution in [3.05, 3.63) is 81.3 Å². The summed E-state index contributed by atoms with van der Waals surface area (Å²) in [6, 6.07) is 13.9. The summed E-state index contributed by atoms with van der Waals surface area (Å²) in [5.41, 5.74) is 3.81. The predicted molar refractivity (Wildman–Crippen MR) is 98.9 cm³/mol. The van der Waals surface area contributed by atoms with Gasteiger partial charge in [-0.25, -0.2) is 4.39 Å². The maximum Gasteiger partial charge on any atom is 0.265 e. The highest BCUT2D eigenvalue weighted by atomic mass is 32.1. The minimum atomic E-state index is -0.398. The van der Waals surface area contributed by atoms with E-state index >= 15 is 0 Å². The van der Waals surface area contributed by atoms with Gasteiger partial charge in [0.25, 0.3) is 5.91 Å². The first-order valence-corrected chi connectivity index (χ1v) is 8.73. The lowest BCUT2D eigenvalue weighted by molar-refractivity contribution is 0.103. The topological polar surface area (TPSA) is 38.3 Å². The molecular weight excluding hydrogens is 337 g/mol. The van der Waals surface area contributed by atoms with Gasteiger partial charge in [-0.05, 0) is 60.7 Å². The third kappa shape index (κ3) is 4.45. The van der Waals surface area contributed by atoms with E-state index in [0.717, 1.165) is 22.4 Å². The van der Waals surface area contributed by atoms with Crippen LogP contribution in [0.3, 0.4) is 0 Å². The molecule has 3 aromatic rings. The Labute approximate surface area is 150 Å². The van der Waals surface area contributed by atoms with Gasteiger partial charge in [0.15, 0.2) is 11.6 Å². The molecule has 25 heavy (non-hydrogen) atoms. The molecule has 1 heterocycles. The van der Waals surface area contributed by atoms with Crippen molar-refractivity contribution in [1.29, 1.82) is 0 Å². The highest BCUT2D eigenvalue weighted by Crippen LogP contribution is 2.21. The number of nitrogens with one attached hydrogen (secondary N) is 1. The Kier molecular flexibility index (Phi) is 5.14. The van der Waals surface area contributed by atoms with Crippen molar-refractivity contribution in [2.45, 2.75) is 20.5 Å². The van der Waals surface area contributed by atoms with E-state index in [4.69, 9.17) is 4.74 Å². The Morgan fingerprint density at radius 3 is 2.56 bits per heavy atom.